The number of hydrogen-bond donors (Lipinski definition) is 0. The summed E-state index contributed by atoms with van der Waals surface area (Å²) in [4.78, 5) is 0. The molecule has 2 aliphatic rings. The first kappa shape index (κ1) is 24.0. The quantitative estimate of drug-likeness (QED) is 0.355. The summed E-state index contributed by atoms with van der Waals surface area (Å²) in [7, 11) is 0. The average molecular weight is 445 g/mol. The van der Waals surface area contributed by atoms with Crippen molar-refractivity contribution in [1.82, 2.24) is 0 Å². The molecule has 1 heteroatoms. The maximum Gasteiger partial charge on any atom is 0.127 e. The Bertz CT molecular complexity index is 935. The molecule has 2 saturated carbocycles. The van der Waals surface area contributed by atoms with Gasteiger partial charge in [-0.2, -0.15) is 0 Å². The molecule has 176 valence electrons. The molecule has 4 atom stereocenters. The Balaban J connectivity index is 1.36. The van der Waals surface area contributed by atoms with E-state index in [9.17, 15) is 0 Å². The number of fused-ring (bicyclic) bond motifs is 1. The first-order valence-corrected chi connectivity index (χ1v) is 13.3. The molecule has 0 amide bonds. The summed E-state index contributed by atoms with van der Waals surface area (Å²) in [6.45, 7) is 4.18. The van der Waals surface area contributed by atoms with Crippen LogP contribution < -0.4 is 0 Å². The van der Waals surface area contributed by atoms with Gasteiger partial charge in [-0.15, -0.1) is 0 Å². The minimum absolute atomic E-state index is 0.00634. The average Bonchev–Trinajstić information content (AvgIpc) is 2.84. The van der Waals surface area contributed by atoms with Crippen molar-refractivity contribution < 1.29 is 4.39 Å². The van der Waals surface area contributed by atoms with Crippen LogP contribution in [0.2, 0.25) is 0 Å². The largest absolute Gasteiger partial charge is 0.207 e. The van der Waals surface area contributed by atoms with Gasteiger partial charge >= 0.3 is 0 Å². The molecule has 0 bridgehead atoms. The number of rotatable bonds is 8. The van der Waals surface area contributed by atoms with Gasteiger partial charge in [-0.1, -0.05) is 67.1 Å². The molecule has 0 heterocycles. The maximum atomic E-state index is 15.3. The summed E-state index contributed by atoms with van der Waals surface area (Å²) in [5.41, 5.74) is 4.39. The van der Waals surface area contributed by atoms with Gasteiger partial charge in [0.2, 0.25) is 0 Å². The van der Waals surface area contributed by atoms with Crippen molar-refractivity contribution in [1.29, 1.82) is 0 Å². The molecular weight excluding hydrogens is 403 g/mol. The standard InChI is InChI=1S/C32H41F/c1-3-5-7-9-24-11-14-26(15-12-24)29-19-20-31(32(33)23-29)30-18-17-27-21-25(10-8-6-4-2)13-16-28(27)22-30/h3-6,11-12,14-15,19-20,23,25,27-28,30H,7-10,13,16-18,21-22H2,1-2H3/b5-3+,6-4+. The monoisotopic (exact) mass is 444 g/mol. The molecule has 33 heavy (non-hydrogen) atoms. The zero-order chi connectivity index (χ0) is 23.0. The number of halogens is 1. The fourth-order valence-electron chi connectivity index (χ4n) is 6.35. The van der Waals surface area contributed by atoms with Crippen LogP contribution in [-0.2, 0) is 6.42 Å². The van der Waals surface area contributed by atoms with Crippen molar-refractivity contribution in [2.24, 2.45) is 17.8 Å². The highest BCUT2D eigenvalue weighted by Gasteiger charge is 2.36. The van der Waals surface area contributed by atoms with Crippen LogP contribution in [0.25, 0.3) is 11.1 Å². The van der Waals surface area contributed by atoms with E-state index in [-0.39, 0.29) is 5.82 Å². The van der Waals surface area contributed by atoms with Crippen molar-refractivity contribution in [3.8, 4) is 11.1 Å². The predicted octanol–water partition coefficient (Wildman–Crippen LogP) is 9.66. The van der Waals surface area contributed by atoms with Gasteiger partial charge in [0.25, 0.3) is 0 Å². The lowest BCUT2D eigenvalue weighted by Crippen LogP contribution is -2.30. The Morgan fingerprint density at radius 1 is 0.788 bits per heavy atom. The molecule has 2 aromatic rings. The van der Waals surface area contributed by atoms with Gasteiger partial charge in [-0.3, -0.25) is 0 Å². The molecule has 0 nitrogen and oxygen atoms in total. The molecule has 0 radical (unpaired) electrons. The van der Waals surface area contributed by atoms with Crippen LogP contribution >= 0.6 is 0 Å². The van der Waals surface area contributed by atoms with Gasteiger partial charge in [0.1, 0.15) is 5.82 Å². The van der Waals surface area contributed by atoms with Crippen LogP contribution in [0, 0.1) is 23.6 Å². The number of benzene rings is 2. The second kappa shape index (κ2) is 11.8. The van der Waals surface area contributed by atoms with E-state index in [1.54, 1.807) is 6.07 Å². The summed E-state index contributed by atoms with van der Waals surface area (Å²) in [5, 5.41) is 0. The molecule has 0 spiro atoms. The zero-order valence-corrected chi connectivity index (χ0v) is 20.6. The van der Waals surface area contributed by atoms with E-state index in [0.717, 1.165) is 53.7 Å². The Hall–Kier alpha value is -2.15. The minimum Gasteiger partial charge on any atom is -0.207 e. The van der Waals surface area contributed by atoms with Crippen molar-refractivity contribution >= 4 is 0 Å². The molecule has 0 saturated heterocycles. The van der Waals surface area contributed by atoms with E-state index in [1.807, 2.05) is 0 Å². The fourth-order valence-corrected chi connectivity index (χ4v) is 6.35. The molecule has 2 aromatic carbocycles. The highest BCUT2D eigenvalue weighted by molar-refractivity contribution is 5.64. The second-order valence-corrected chi connectivity index (χ2v) is 10.4. The van der Waals surface area contributed by atoms with Crippen LogP contribution in [0.4, 0.5) is 4.39 Å². The normalized spacial score (nSPS) is 25.5. The lowest BCUT2D eigenvalue weighted by Gasteiger charge is -2.42. The molecular formula is C32H41F. The third-order valence-electron chi connectivity index (χ3n) is 8.26. The first-order valence-electron chi connectivity index (χ1n) is 13.3. The Labute approximate surface area is 201 Å². The molecule has 4 rings (SSSR count). The van der Waals surface area contributed by atoms with Crippen molar-refractivity contribution in [3.05, 3.63) is 83.7 Å². The number of aryl methyl sites for hydroxylation is 1. The summed E-state index contributed by atoms with van der Waals surface area (Å²) in [6, 6.07) is 14.6. The van der Waals surface area contributed by atoms with E-state index in [4.69, 9.17) is 0 Å². The van der Waals surface area contributed by atoms with Gasteiger partial charge in [0.15, 0.2) is 0 Å². The van der Waals surface area contributed by atoms with Gasteiger partial charge < -0.3 is 0 Å². The predicted molar refractivity (Wildman–Crippen MR) is 140 cm³/mol. The SMILES string of the molecule is C/C=C/CCc1ccc(-c2ccc(C3CCC4CC(CC/C=C/C)CCC4C3)c(F)c2)cc1. The zero-order valence-electron chi connectivity index (χ0n) is 20.6. The van der Waals surface area contributed by atoms with E-state index >= 15 is 4.39 Å². The van der Waals surface area contributed by atoms with Gasteiger partial charge in [0, 0.05) is 0 Å². The van der Waals surface area contributed by atoms with E-state index in [1.165, 1.54) is 50.5 Å². The number of hydrogen-bond acceptors (Lipinski definition) is 0. The van der Waals surface area contributed by atoms with Gasteiger partial charge in [-0.25, -0.2) is 4.39 Å². The lowest BCUT2D eigenvalue weighted by atomic mass is 9.63. The third-order valence-corrected chi connectivity index (χ3v) is 8.26. The summed E-state index contributed by atoms with van der Waals surface area (Å²) < 4.78 is 15.3. The summed E-state index contributed by atoms with van der Waals surface area (Å²) >= 11 is 0. The highest BCUT2D eigenvalue weighted by Crippen LogP contribution is 2.48. The highest BCUT2D eigenvalue weighted by atomic mass is 19.1. The second-order valence-electron chi connectivity index (χ2n) is 10.4. The van der Waals surface area contributed by atoms with Crippen LogP contribution in [0.5, 0.6) is 0 Å². The minimum atomic E-state index is -0.00634. The molecule has 0 aromatic heterocycles. The van der Waals surface area contributed by atoms with Crippen LogP contribution in [-0.4, -0.2) is 0 Å². The van der Waals surface area contributed by atoms with Crippen molar-refractivity contribution in [2.45, 2.75) is 84.0 Å². The fraction of sp³-hybridized carbons (Fsp3) is 0.500. The lowest BCUT2D eigenvalue weighted by molar-refractivity contribution is 0.114. The van der Waals surface area contributed by atoms with Gasteiger partial charge in [-0.05, 0) is 124 Å². The first-order chi connectivity index (χ1) is 16.2. The van der Waals surface area contributed by atoms with Crippen LogP contribution in [0.1, 0.15) is 88.7 Å². The number of allylic oxidation sites excluding steroid dienone is 4. The molecule has 2 aliphatic carbocycles. The van der Waals surface area contributed by atoms with E-state index in [0.29, 0.717) is 5.92 Å². The Kier molecular flexibility index (Phi) is 8.59. The Morgan fingerprint density at radius 2 is 1.48 bits per heavy atom. The van der Waals surface area contributed by atoms with Crippen molar-refractivity contribution in [3.63, 3.8) is 0 Å². The van der Waals surface area contributed by atoms with Crippen LogP contribution in [0.3, 0.4) is 0 Å². The maximum absolute atomic E-state index is 15.3. The smallest absolute Gasteiger partial charge is 0.127 e. The molecule has 0 N–H and O–H groups in total. The van der Waals surface area contributed by atoms with Crippen LogP contribution in [0.15, 0.2) is 66.8 Å². The van der Waals surface area contributed by atoms with Gasteiger partial charge in [0.05, 0.1) is 0 Å². The Morgan fingerprint density at radius 3 is 2.24 bits per heavy atom. The molecule has 0 aliphatic heterocycles. The van der Waals surface area contributed by atoms with E-state index < -0.39 is 0 Å². The molecule has 2 fully saturated rings. The van der Waals surface area contributed by atoms with E-state index in [2.05, 4.69) is 74.5 Å². The topological polar surface area (TPSA) is 0 Å². The molecule has 4 unspecified atom stereocenters. The van der Waals surface area contributed by atoms with Crippen molar-refractivity contribution in [2.75, 3.05) is 0 Å². The summed E-state index contributed by atoms with van der Waals surface area (Å²) in [5.74, 6) is 2.97. The third kappa shape index (κ3) is 6.25. The summed E-state index contributed by atoms with van der Waals surface area (Å²) in [6.07, 6.45) is 21.2.